The van der Waals surface area contributed by atoms with Crippen LogP contribution in [0.25, 0.3) is 0 Å². The Morgan fingerprint density at radius 1 is 0.398 bits per heavy atom. The summed E-state index contributed by atoms with van der Waals surface area (Å²) in [6.45, 7) is 1.77. The smallest absolute Gasteiger partial charge is 0.220 e. The zero-order valence-corrected chi connectivity index (χ0v) is 55.0. The minimum absolute atomic E-state index is 0.249. The van der Waals surface area contributed by atoms with Crippen molar-refractivity contribution >= 4 is 5.91 Å². The van der Waals surface area contributed by atoms with Crippen LogP contribution in [0.3, 0.4) is 0 Å². The van der Waals surface area contributed by atoms with Crippen molar-refractivity contribution in [2.45, 2.75) is 394 Å². The number of amides is 1. The molecule has 0 aliphatic carbocycles. The molecule has 19 nitrogen and oxygen atoms in total. The van der Waals surface area contributed by atoms with Gasteiger partial charge in [-0.25, -0.2) is 0 Å². The molecule has 0 aromatic carbocycles. The molecule has 88 heavy (non-hydrogen) atoms. The van der Waals surface area contributed by atoms with Crippen LogP contribution in [-0.2, 0) is 33.2 Å². The lowest BCUT2D eigenvalue weighted by molar-refractivity contribution is -0.379. The summed E-state index contributed by atoms with van der Waals surface area (Å²) in [5, 5.41) is 120. The first-order valence-electron chi connectivity index (χ1n) is 35.9. The predicted molar refractivity (Wildman–Crippen MR) is 342 cm³/mol. The normalized spacial score (nSPS) is 28.4. The molecule has 3 fully saturated rings. The Morgan fingerprint density at radius 2 is 0.705 bits per heavy atom. The topological polar surface area (TPSA) is 307 Å². The number of hydrogen-bond donors (Lipinski definition) is 12. The van der Waals surface area contributed by atoms with E-state index in [0.29, 0.717) is 6.42 Å². The second kappa shape index (κ2) is 51.9. The lowest BCUT2D eigenvalue weighted by Gasteiger charge is -2.48. The highest BCUT2D eigenvalue weighted by Gasteiger charge is 2.53. The molecular formula is C69H131NO18. The van der Waals surface area contributed by atoms with E-state index in [2.05, 4.69) is 19.2 Å². The minimum atomic E-state index is -1.98. The summed E-state index contributed by atoms with van der Waals surface area (Å²) in [6.07, 6.45) is 30.6. The summed E-state index contributed by atoms with van der Waals surface area (Å²) < 4.78 is 34.4. The van der Waals surface area contributed by atoms with Gasteiger partial charge >= 0.3 is 0 Å². The fraction of sp³-hybridized carbons (Fsp3) is 0.957. The molecule has 17 unspecified atom stereocenters. The van der Waals surface area contributed by atoms with Gasteiger partial charge in [-0.15, -0.1) is 0 Å². The molecule has 3 heterocycles. The number of aliphatic hydroxyl groups is 11. The maximum absolute atomic E-state index is 13.4. The van der Waals surface area contributed by atoms with Crippen molar-refractivity contribution < 1.29 is 89.4 Å². The number of hydrogen-bond acceptors (Lipinski definition) is 18. The van der Waals surface area contributed by atoms with Gasteiger partial charge in [0.25, 0.3) is 0 Å². The second-order valence-corrected chi connectivity index (χ2v) is 26.1. The van der Waals surface area contributed by atoms with E-state index in [4.69, 9.17) is 28.4 Å². The van der Waals surface area contributed by atoms with Gasteiger partial charge in [0, 0.05) is 6.42 Å². The quantitative estimate of drug-likeness (QED) is 0.0199. The first-order chi connectivity index (χ1) is 42.8. The molecule has 0 saturated carbocycles. The first-order valence-corrected chi connectivity index (χ1v) is 35.9. The van der Waals surface area contributed by atoms with Crippen LogP contribution in [0.4, 0.5) is 0 Å². The Kier molecular flexibility index (Phi) is 47.6. The molecule has 19 heteroatoms. The molecule has 1 amide bonds. The molecule has 3 rings (SSSR count). The molecule has 3 aliphatic heterocycles. The number of aliphatic hydroxyl groups excluding tert-OH is 11. The highest BCUT2D eigenvalue weighted by molar-refractivity contribution is 5.76. The van der Waals surface area contributed by atoms with Crippen molar-refractivity contribution in [2.24, 2.45) is 0 Å². The molecule has 12 N–H and O–H groups in total. The molecule has 3 saturated heterocycles. The van der Waals surface area contributed by atoms with E-state index in [1.54, 1.807) is 6.08 Å². The van der Waals surface area contributed by atoms with E-state index in [-0.39, 0.29) is 18.9 Å². The van der Waals surface area contributed by atoms with Crippen molar-refractivity contribution in [3.8, 4) is 0 Å². The van der Waals surface area contributed by atoms with Crippen molar-refractivity contribution in [3.63, 3.8) is 0 Å². The number of allylic oxidation sites excluding steroid dienone is 1. The van der Waals surface area contributed by atoms with E-state index in [0.717, 1.165) is 44.9 Å². The maximum atomic E-state index is 13.4. The van der Waals surface area contributed by atoms with Crippen LogP contribution in [0.15, 0.2) is 12.2 Å². The average molecular weight is 1260 g/mol. The molecule has 0 aromatic heterocycles. The minimum Gasteiger partial charge on any atom is -0.394 e. The van der Waals surface area contributed by atoms with Gasteiger partial charge in [0.2, 0.25) is 5.91 Å². The van der Waals surface area contributed by atoms with Gasteiger partial charge < -0.3 is 89.9 Å². The van der Waals surface area contributed by atoms with Crippen molar-refractivity contribution in [1.29, 1.82) is 0 Å². The van der Waals surface area contributed by atoms with Gasteiger partial charge in [0.15, 0.2) is 18.9 Å². The van der Waals surface area contributed by atoms with Gasteiger partial charge in [-0.2, -0.15) is 0 Å². The summed E-state index contributed by atoms with van der Waals surface area (Å²) in [4.78, 5) is 13.4. The zero-order valence-electron chi connectivity index (χ0n) is 55.0. The van der Waals surface area contributed by atoms with Crippen LogP contribution in [-0.4, -0.2) is 193 Å². The van der Waals surface area contributed by atoms with E-state index in [1.807, 2.05) is 6.08 Å². The molecular weight excluding hydrogens is 1130 g/mol. The van der Waals surface area contributed by atoms with Crippen molar-refractivity contribution in [2.75, 3.05) is 26.4 Å². The number of carbonyl (C=O) groups excluding carboxylic acids is 1. The van der Waals surface area contributed by atoms with Crippen LogP contribution < -0.4 is 5.32 Å². The van der Waals surface area contributed by atoms with Gasteiger partial charge in [0.1, 0.15) is 73.2 Å². The highest BCUT2D eigenvalue weighted by atomic mass is 16.8. The van der Waals surface area contributed by atoms with Crippen LogP contribution in [0, 0.1) is 0 Å². The van der Waals surface area contributed by atoms with E-state index in [9.17, 15) is 61.0 Å². The van der Waals surface area contributed by atoms with Crippen molar-refractivity contribution in [3.05, 3.63) is 12.2 Å². The Bertz CT molecular complexity index is 1650. The highest BCUT2D eigenvalue weighted by Crippen LogP contribution is 2.33. The molecule has 0 radical (unpaired) electrons. The third-order valence-electron chi connectivity index (χ3n) is 18.3. The summed E-state index contributed by atoms with van der Waals surface area (Å²) in [5.41, 5.74) is 0. The number of rotatable bonds is 56. The lowest BCUT2D eigenvalue weighted by atomic mass is 9.96. The number of ether oxygens (including phenoxy) is 6. The van der Waals surface area contributed by atoms with Gasteiger partial charge in [-0.1, -0.05) is 276 Å². The molecule has 0 aromatic rings. The lowest BCUT2D eigenvalue weighted by Crippen LogP contribution is -2.66. The number of nitrogens with one attached hydrogen (secondary N) is 1. The molecule has 3 aliphatic rings. The number of unbranched alkanes of at least 4 members (excludes halogenated alkanes) is 40. The van der Waals surface area contributed by atoms with Gasteiger partial charge in [-0.3, -0.25) is 4.79 Å². The van der Waals surface area contributed by atoms with E-state index in [1.165, 1.54) is 218 Å². The molecule has 520 valence electrons. The van der Waals surface area contributed by atoms with Crippen LogP contribution in [0.2, 0.25) is 0 Å². The zero-order chi connectivity index (χ0) is 64.0. The maximum Gasteiger partial charge on any atom is 0.220 e. The summed E-state index contributed by atoms with van der Waals surface area (Å²) >= 11 is 0. The summed E-state index contributed by atoms with van der Waals surface area (Å²) in [5.74, 6) is -0.271. The Hall–Kier alpha value is -1.47. The largest absolute Gasteiger partial charge is 0.394 e. The Morgan fingerprint density at radius 3 is 1.07 bits per heavy atom. The fourth-order valence-corrected chi connectivity index (χ4v) is 12.5. The van der Waals surface area contributed by atoms with Gasteiger partial charge in [-0.05, 0) is 19.3 Å². The molecule has 17 atom stereocenters. The molecule has 0 spiro atoms. The van der Waals surface area contributed by atoms with Crippen molar-refractivity contribution in [1.82, 2.24) is 5.32 Å². The van der Waals surface area contributed by atoms with Crippen LogP contribution >= 0.6 is 0 Å². The standard InChI is InChI=1S/C69H131NO18/c1-3-5-7-9-11-13-15-17-19-20-21-22-23-24-25-26-27-28-29-30-31-32-33-34-36-38-40-42-44-46-53(74)52(70-57(75)47-45-43-41-39-37-35-18-16-14-12-10-8-6-4-2)51-83-67-63(81)60(78)65(55(49-72)85-67)88-69-64(82)61(79)66(56(50-73)86-69)87-68-62(80)59(77)58(76)54(48-71)84-68/h44,46,52-56,58-69,71-74,76-82H,3-43,45,47-51H2,1-2H3,(H,70,75)/b46-44+. The first kappa shape index (κ1) is 80.8. The molecule has 0 bridgehead atoms. The number of carbonyl (C=O) groups is 1. The second-order valence-electron chi connectivity index (χ2n) is 26.1. The summed E-state index contributed by atoms with van der Waals surface area (Å²) in [6, 6.07) is -0.968. The Labute approximate surface area is 531 Å². The van der Waals surface area contributed by atoms with Crippen LogP contribution in [0.1, 0.15) is 290 Å². The monoisotopic (exact) mass is 1260 g/mol. The third kappa shape index (κ3) is 33.6. The van der Waals surface area contributed by atoms with Crippen LogP contribution in [0.5, 0.6) is 0 Å². The average Bonchev–Trinajstić information content (AvgIpc) is 2.71. The predicted octanol–water partition coefficient (Wildman–Crippen LogP) is 9.67. The summed E-state index contributed by atoms with van der Waals surface area (Å²) in [7, 11) is 0. The van der Waals surface area contributed by atoms with Gasteiger partial charge in [0.05, 0.1) is 38.6 Å². The SMILES string of the molecule is CCCCCCCCCCCCCCCCCCCCCCCCCCCCC/C=C/C(O)C(COC1OC(CO)C(OC2OC(CO)C(OC3OC(CO)C(O)C(O)C3O)C(O)C2O)C(O)C1O)NC(=O)CCCCCCCCCCCCCCCC. The van der Waals surface area contributed by atoms with E-state index < -0.39 is 124 Å². The Balaban J connectivity index is 1.39. The fourth-order valence-electron chi connectivity index (χ4n) is 12.5. The van der Waals surface area contributed by atoms with E-state index >= 15 is 0 Å². The third-order valence-corrected chi connectivity index (χ3v) is 18.3.